The molecule has 1 unspecified atom stereocenters. The van der Waals surface area contributed by atoms with Gasteiger partial charge in [0.2, 0.25) is 0 Å². The number of methoxy groups -OCH3 is 2. The zero-order valence-electron chi connectivity index (χ0n) is 10.7. The Kier molecular flexibility index (Phi) is 2.80. The van der Waals surface area contributed by atoms with Crippen LogP contribution in [0.4, 0.5) is 0 Å². The predicted molar refractivity (Wildman–Crippen MR) is 72.5 cm³/mol. The summed E-state index contributed by atoms with van der Waals surface area (Å²) < 4.78 is 10.3. The summed E-state index contributed by atoms with van der Waals surface area (Å²) in [6.45, 7) is 0. The molecule has 4 nitrogen and oxygen atoms in total. The lowest BCUT2D eigenvalue weighted by Crippen LogP contribution is -2.24. The van der Waals surface area contributed by atoms with Crippen LogP contribution in [-0.2, 0) is 4.74 Å². The smallest absolute Gasteiger partial charge is 0.197 e. The number of carbonyl (C=O) groups is 1. The normalized spacial score (nSPS) is 17.6. The average Bonchev–Trinajstić information content (AvgIpc) is 2.45. The Morgan fingerprint density at radius 1 is 1.21 bits per heavy atom. The molecule has 1 aliphatic rings. The summed E-state index contributed by atoms with van der Waals surface area (Å²) in [7, 11) is 3.14. The Morgan fingerprint density at radius 3 is 2.79 bits per heavy atom. The molecule has 19 heavy (non-hydrogen) atoms. The summed E-state index contributed by atoms with van der Waals surface area (Å²) in [4.78, 5) is 16.7. The fourth-order valence-corrected chi connectivity index (χ4v) is 2.23. The first-order valence-electron chi connectivity index (χ1n) is 5.97. The van der Waals surface area contributed by atoms with E-state index in [1.54, 1.807) is 13.2 Å². The van der Waals surface area contributed by atoms with Gasteiger partial charge in [-0.1, -0.05) is 0 Å². The summed E-state index contributed by atoms with van der Waals surface area (Å²) in [6.07, 6.45) is 3.04. The number of pyridine rings is 1. The standard InChI is InChI=1S/C15H13NO3/c1-18-10-3-4-12-9(7-10)8-11-13(16-12)5-6-14(19-2)15(11)17/h3-8,14H,1-2H3. The van der Waals surface area contributed by atoms with Crippen LogP contribution in [0.2, 0.25) is 0 Å². The quantitative estimate of drug-likeness (QED) is 0.827. The van der Waals surface area contributed by atoms with E-state index in [0.29, 0.717) is 11.3 Å². The van der Waals surface area contributed by atoms with Crippen LogP contribution in [-0.4, -0.2) is 31.1 Å². The molecule has 0 saturated heterocycles. The van der Waals surface area contributed by atoms with E-state index < -0.39 is 6.10 Å². The molecule has 1 aromatic carbocycles. The molecule has 2 aromatic rings. The Bertz CT molecular complexity index is 691. The van der Waals surface area contributed by atoms with Crippen molar-refractivity contribution in [1.29, 1.82) is 0 Å². The first kappa shape index (κ1) is 11.9. The van der Waals surface area contributed by atoms with Crippen LogP contribution >= 0.6 is 0 Å². The molecule has 3 rings (SSSR count). The van der Waals surface area contributed by atoms with Crippen LogP contribution in [0, 0.1) is 0 Å². The van der Waals surface area contributed by atoms with Gasteiger partial charge in [-0.15, -0.1) is 0 Å². The number of ether oxygens (including phenoxy) is 2. The largest absolute Gasteiger partial charge is 0.497 e. The lowest BCUT2D eigenvalue weighted by molar-refractivity contribution is 0.0717. The zero-order chi connectivity index (χ0) is 13.4. The summed E-state index contributed by atoms with van der Waals surface area (Å²) in [5.41, 5.74) is 2.12. The maximum Gasteiger partial charge on any atom is 0.197 e. The molecule has 1 atom stereocenters. The van der Waals surface area contributed by atoms with Gasteiger partial charge in [-0.2, -0.15) is 0 Å². The highest BCUT2D eigenvalue weighted by Crippen LogP contribution is 2.26. The molecule has 1 heterocycles. The molecule has 0 amide bonds. The van der Waals surface area contributed by atoms with Crippen molar-refractivity contribution in [1.82, 2.24) is 4.98 Å². The molecule has 0 fully saturated rings. The first-order valence-corrected chi connectivity index (χ1v) is 5.97. The third-order valence-electron chi connectivity index (χ3n) is 3.26. The summed E-state index contributed by atoms with van der Waals surface area (Å²) in [5.74, 6) is 0.688. The minimum atomic E-state index is -0.516. The third-order valence-corrected chi connectivity index (χ3v) is 3.26. The molecule has 96 valence electrons. The number of Topliss-reactive ketones (excluding diaryl/α,β-unsaturated/α-hetero) is 1. The van der Waals surface area contributed by atoms with E-state index in [-0.39, 0.29) is 5.78 Å². The van der Waals surface area contributed by atoms with Crippen molar-refractivity contribution >= 4 is 22.8 Å². The van der Waals surface area contributed by atoms with Crippen molar-refractivity contribution in [3.05, 3.63) is 41.6 Å². The van der Waals surface area contributed by atoms with Crippen molar-refractivity contribution in [2.45, 2.75) is 6.10 Å². The SMILES string of the molecule is COc1ccc2nc3c(cc2c1)C(=O)C(OC)C=C3. The Hall–Kier alpha value is -2.20. The minimum Gasteiger partial charge on any atom is -0.497 e. The number of ketones is 1. The average molecular weight is 255 g/mol. The first-order chi connectivity index (χ1) is 9.22. The maximum absolute atomic E-state index is 12.2. The van der Waals surface area contributed by atoms with Gasteiger partial charge in [-0.05, 0) is 36.4 Å². The van der Waals surface area contributed by atoms with E-state index >= 15 is 0 Å². The Morgan fingerprint density at radius 2 is 2.05 bits per heavy atom. The Balaban J connectivity index is 2.20. The number of nitrogens with zero attached hydrogens (tertiary/aromatic N) is 1. The number of benzene rings is 1. The Labute approximate surface area is 110 Å². The predicted octanol–water partition coefficient (Wildman–Crippen LogP) is 2.47. The molecule has 0 bridgehead atoms. The van der Waals surface area contributed by atoms with Gasteiger partial charge < -0.3 is 9.47 Å². The van der Waals surface area contributed by atoms with Gasteiger partial charge in [-0.25, -0.2) is 4.98 Å². The van der Waals surface area contributed by atoms with Gasteiger partial charge in [0, 0.05) is 18.1 Å². The molecule has 1 aromatic heterocycles. The fraction of sp³-hybridized carbons (Fsp3) is 0.200. The van der Waals surface area contributed by atoms with Crippen molar-refractivity contribution in [3.8, 4) is 5.75 Å². The zero-order valence-corrected chi connectivity index (χ0v) is 10.7. The van der Waals surface area contributed by atoms with Gasteiger partial charge in [0.1, 0.15) is 11.9 Å². The highest BCUT2D eigenvalue weighted by atomic mass is 16.5. The molecule has 0 radical (unpaired) electrons. The molecule has 0 saturated carbocycles. The number of hydrogen-bond donors (Lipinski definition) is 0. The van der Waals surface area contributed by atoms with Gasteiger partial charge in [0.15, 0.2) is 5.78 Å². The van der Waals surface area contributed by atoms with Gasteiger partial charge in [0.05, 0.1) is 18.3 Å². The molecule has 0 spiro atoms. The van der Waals surface area contributed by atoms with Crippen molar-refractivity contribution in [2.24, 2.45) is 0 Å². The van der Waals surface area contributed by atoms with Crippen LogP contribution in [0.5, 0.6) is 5.75 Å². The monoisotopic (exact) mass is 255 g/mol. The fourth-order valence-electron chi connectivity index (χ4n) is 2.23. The van der Waals surface area contributed by atoms with Crippen LogP contribution < -0.4 is 4.74 Å². The topological polar surface area (TPSA) is 48.4 Å². The van der Waals surface area contributed by atoms with Gasteiger partial charge in [-0.3, -0.25) is 4.79 Å². The van der Waals surface area contributed by atoms with E-state index in [0.717, 1.165) is 16.7 Å². The molecular weight excluding hydrogens is 242 g/mol. The van der Waals surface area contributed by atoms with E-state index in [1.165, 1.54) is 7.11 Å². The van der Waals surface area contributed by atoms with Crippen molar-refractivity contribution in [2.75, 3.05) is 14.2 Å². The molecule has 0 N–H and O–H groups in total. The third kappa shape index (κ3) is 1.90. The number of rotatable bonds is 2. The number of aromatic nitrogens is 1. The minimum absolute atomic E-state index is 0.0581. The lowest BCUT2D eigenvalue weighted by Gasteiger charge is -2.17. The lowest BCUT2D eigenvalue weighted by atomic mass is 9.96. The second kappa shape index (κ2) is 4.48. The highest BCUT2D eigenvalue weighted by molar-refractivity contribution is 6.07. The van der Waals surface area contributed by atoms with E-state index in [2.05, 4.69) is 4.98 Å². The molecule has 0 aliphatic heterocycles. The van der Waals surface area contributed by atoms with E-state index in [4.69, 9.17) is 9.47 Å². The number of carbonyl (C=O) groups excluding carboxylic acids is 1. The highest BCUT2D eigenvalue weighted by Gasteiger charge is 2.24. The number of hydrogen-bond acceptors (Lipinski definition) is 4. The van der Waals surface area contributed by atoms with Crippen LogP contribution in [0.1, 0.15) is 16.1 Å². The molecule has 1 aliphatic carbocycles. The summed E-state index contributed by atoms with van der Waals surface area (Å²) >= 11 is 0. The van der Waals surface area contributed by atoms with Crippen LogP contribution in [0.15, 0.2) is 30.3 Å². The van der Waals surface area contributed by atoms with E-state index in [9.17, 15) is 4.79 Å². The maximum atomic E-state index is 12.2. The molecular formula is C15H13NO3. The van der Waals surface area contributed by atoms with Crippen LogP contribution in [0.3, 0.4) is 0 Å². The second-order valence-electron chi connectivity index (χ2n) is 4.36. The van der Waals surface area contributed by atoms with Crippen LogP contribution in [0.25, 0.3) is 17.0 Å². The van der Waals surface area contributed by atoms with Gasteiger partial charge in [0.25, 0.3) is 0 Å². The van der Waals surface area contributed by atoms with Crippen molar-refractivity contribution < 1.29 is 14.3 Å². The van der Waals surface area contributed by atoms with E-state index in [1.807, 2.05) is 30.3 Å². The van der Waals surface area contributed by atoms with Gasteiger partial charge >= 0.3 is 0 Å². The van der Waals surface area contributed by atoms with Crippen molar-refractivity contribution in [3.63, 3.8) is 0 Å². The number of fused-ring (bicyclic) bond motifs is 2. The second-order valence-corrected chi connectivity index (χ2v) is 4.36. The molecule has 4 heteroatoms. The summed E-state index contributed by atoms with van der Waals surface area (Å²) in [6, 6.07) is 7.46. The summed E-state index contributed by atoms with van der Waals surface area (Å²) in [5, 5.41) is 0.886.